The molecule has 0 unspecified atom stereocenters. The lowest BCUT2D eigenvalue weighted by Crippen LogP contribution is -2.20. The smallest absolute Gasteiger partial charge is 0.146 e. The average Bonchev–Trinajstić information content (AvgIpc) is 2.08. The minimum atomic E-state index is -0.448. The standard InChI is InChI=1S/C8H12FN3/c9-6-3-5(8(12)4-10)1-2-7(6)11/h1-3,8H,4,10-12H2/t8-/m1/s1. The van der Waals surface area contributed by atoms with Crippen LogP contribution in [-0.2, 0) is 0 Å². The van der Waals surface area contributed by atoms with Crippen LogP contribution in [0.3, 0.4) is 0 Å². The number of rotatable bonds is 2. The number of nitrogen functional groups attached to an aromatic ring is 1. The molecular weight excluding hydrogens is 157 g/mol. The molecule has 66 valence electrons. The lowest BCUT2D eigenvalue weighted by molar-refractivity contribution is 0.624. The maximum absolute atomic E-state index is 12.9. The molecule has 0 aromatic heterocycles. The maximum Gasteiger partial charge on any atom is 0.146 e. The second kappa shape index (κ2) is 3.51. The summed E-state index contributed by atoms with van der Waals surface area (Å²) in [5, 5.41) is 0. The summed E-state index contributed by atoms with van der Waals surface area (Å²) in [7, 11) is 0. The number of halogens is 1. The van der Waals surface area contributed by atoms with Crippen molar-refractivity contribution < 1.29 is 4.39 Å². The van der Waals surface area contributed by atoms with Crippen molar-refractivity contribution in [1.82, 2.24) is 0 Å². The zero-order chi connectivity index (χ0) is 9.14. The monoisotopic (exact) mass is 169 g/mol. The third-order valence-electron chi connectivity index (χ3n) is 1.71. The fourth-order valence-electron chi connectivity index (χ4n) is 0.910. The summed E-state index contributed by atoms with van der Waals surface area (Å²) in [4.78, 5) is 0. The van der Waals surface area contributed by atoms with Crippen LogP contribution in [0, 0.1) is 5.82 Å². The van der Waals surface area contributed by atoms with Gasteiger partial charge in [-0.2, -0.15) is 0 Å². The summed E-state index contributed by atoms with van der Waals surface area (Å²) in [6.45, 7) is 0.295. The zero-order valence-electron chi connectivity index (χ0n) is 6.63. The first-order valence-corrected chi connectivity index (χ1v) is 3.65. The lowest BCUT2D eigenvalue weighted by Gasteiger charge is -2.09. The van der Waals surface area contributed by atoms with Crippen LogP contribution in [0.2, 0.25) is 0 Å². The Balaban J connectivity index is 2.96. The predicted octanol–water partition coefficient (Wildman–Crippen LogP) is 0.366. The summed E-state index contributed by atoms with van der Waals surface area (Å²) in [6, 6.07) is 4.16. The van der Waals surface area contributed by atoms with Gasteiger partial charge < -0.3 is 17.2 Å². The summed E-state index contributed by atoms with van der Waals surface area (Å²) < 4.78 is 12.9. The van der Waals surface area contributed by atoms with Gasteiger partial charge in [0.2, 0.25) is 0 Å². The SMILES string of the molecule is NC[C@@H](N)c1ccc(N)c(F)c1. The van der Waals surface area contributed by atoms with E-state index in [2.05, 4.69) is 0 Å². The zero-order valence-corrected chi connectivity index (χ0v) is 6.63. The van der Waals surface area contributed by atoms with Gasteiger partial charge in [-0.25, -0.2) is 4.39 Å². The van der Waals surface area contributed by atoms with Crippen molar-refractivity contribution in [2.45, 2.75) is 6.04 Å². The first-order chi connectivity index (χ1) is 5.65. The minimum absolute atomic E-state index is 0.128. The van der Waals surface area contributed by atoms with Gasteiger partial charge in [0.25, 0.3) is 0 Å². The van der Waals surface area contributed by atoms with Crippen molar-refractivity contribution in [1.29, 1.82) is 0 Å². The Labute approximate surface area is 70.3 Å². The summed E-state index contributed by atoms with van der Waals surface area (Å²) in [5.74, 6) is -0.448. The molecule has 1 rings (SSSR count). The van der Waals surface area contributed by atoms with Gasteiger partial charge in [0, 0.05) is 12.6 Å². The molecule has 3 nitrogen and oxygen atoms in total. The Morgan fingerprint density at radius 1 is 1.42 bits per heavy atom. The number of hydrogen-bond donors (Lipinski definition) is 3. The summed E-state index contributed by atoms with van der Waals surface area (Å²) in [5.41, 5.74) is 17.0. The Hall–Kier alpha value is -1.13. The second-order valence-electron chi connectivity index (χ2n) is 2.62. The fourth-order valence-corrected chi connectivity index (χ4v) is 0.910. The molecule has 6 N–H and O–H groups in total. The van der Waals surface area contributed by atoms with Gasteiger partial charge in [-0.15, -0.1) is 0 Å². The highest BCUT2D eigenvalue weighted by Crippen LogP contribution is 2.15. The molecule has 0 saturated heterocycles. The molecule has 0 amide bonds. The van der Waals surface area contributed by atoms with Gasteiger partial charge in [0.05, 0.1) is 5.69 Å². The number of hydrogen-bond acceptors (Lipinski definition) is 3. The van der Waals surface area contributed by atoms with E-state index in [0.29, 0.717) is 12.1 Å². The molecule has 0 saturated carbocycles. The average molecular weight is 169 g/mol. The third kappa shape index (κ3) is 1.72. The molecule has 1 aromatic rings. The van der Waals surface area contributed by atoms with Crippen LogP contribution in [0.4, 0.5) is 10.1 Å². The van der Waals surface area contributed by atoms with Crippen LogP contribution in [0.15, 0.2) is 18.2 Å². The first kappa shape index (κ1) is 8.96. The van der Waals surface area contributed by atoms with E-state index in [1.54, 1.807) is 6.07 Å². The highest BCUT2D eigenvalue weighted by Gasteiger charge is 2.05. The molecule has 0 aliphatic carbocycles. The Morgan fingerprint density at radius 3 is 2.58 bits per heavy atom. The van der Waals surface area contributed by atoms with E-state index in [1.807, 2.05) is 0 Å². The molecule has 0 heterocycles. The van der Waals surface area contributed by atoms with Gasteiger partial charge in [-0.1, -0.05) is 6.07 Å². The molecule has 1 aromatic carbocycles. The molecule has 0 aliphatic heterocycles. The minimum Gasteiger partial charge on any atom is -0.396 e. The van der Waals surface area contributed by atoms with Gasteiger partial charge in [-0.05, 0) is 17.7 Å². The van der Waals surface area contributed by atoms with E-state index in [4.69, 9.17) is 17.2 Å². The van der Waals surface area contributed by atoms with Crippen molar-refractivity contribution in [2.75, 3.05) is 12.3 Å². The molecular formula is C8H12FN3. The van der Waals surface area contributed by atoms with Crippen LogP contribution < -0.4 is 17.2 Å². The molecule has 4 heteroatoms. The van der Waals surface area contributed by atoms with Crippen LogP contribution >= 0.6 is 0 Å². The van der Waals surface area contributed by atoms with E-state index < -0.39 is 5.82 Å². The van der Waals surface area contributed by atoms with Gasteiger partial charge in [0.1, 0.15) is 5.82 Å². The highest BCUT2D eigenvalue weighted by molar-refractivity contribution is 5.42. The molecule has 12 heavy (non-hydrogen) atoms. The molecule has 1 atom stereocenters. The van der Waals surface area contributed by atoms with E-state index in [0.717, 1.165) is 0 Å². The van der Waals surface area contributed by atoms with Crippen molar-refractivity contribution in [2.24, 2.45) is 11.5 Å². The van der Waals surface area contributed by atoms with Crippen LogP contribution in [-0.4, -0.2) is 6.54 Å². The van der Waals surface area contributed by atoms with E-state index >= 15 is 0 Å². The topological polar surface area (TPSA) is 78.1 Å². The van der Waals surface area contributed by atoms with E-state index in [-0.39, 0.29) is 11.7 Å². The Bertz CT molecular complexity index is 275. The fraction of sp³-hybridized carbons (Fsp3) is 0.250. The number of nitrogens with two attached hydrogens (primary N) is 3. The summed E-state index contributed by atoms with van der Waals surface area (Å²) >= 11 is 0. The Morgan fingerprint density at radius 2 is 2.08 bits per heavy atom. The van der Waals surface area contributed by atoms with Gasteiger partial charge in [0.15, 0.2) is 0 Å². The first-order valence-electron chi connectivity index (χ1n) is 3.65. The highest BCUT2D eigenvalue weighted by atomic mass is 19.1. The maximum atomic E-state index is 12.9. The van der Waals surface area contributed by atoms with E-state index in [9.17, 15) is 4.39 Å². The third-order valence-corrected chi connectivity index (χ3v) is 1.71. The second-order valence-corrected chi connectivity index (χ2v) is 2.62. The van der Waals surface area contributed by atoms with Crippen molar-refractivity contribution in [3.05, 3.63) is 29.6 Å². The predicted molar refractivity (Wildman–Crippen MR) is 46.8 cm³/mol. The van der Waals surface area contributed by atoms with Gasteiger partial charge in [-0.3, -0.25) is 0 Å². The Kier molecular flexibility index (Phi) is 2.62. The quantitative estimate of drug-likeness (QED) is 0.559. The molecule has 0 radical (unpaired) electrons. The number of anilines is 1. The van der Waals surface area contributed by atoms with Crippen molar-refractivity contribution in [3.8, 4) is 0 Å². The molecule has 0 bridgehead atoms. The van der Waals surface area contributed by atoms with E-state index in [1.165, 1.54) is 12.1 Å². The van der Waals surface area contributed by atoms with Crippen LogP contribution in [0.5, 0.6) is 0 Å². The lowest BCUT2D eigenvalue weighted by atomic mass is 10.1. The summed E-state index contributed by atoms with van der Waals surface area (Å²) in [6.07, 6.45) is 0. The molecule has 0 fully saturated rings. The normalized spacial score (nSPS) is 12.9. The van der Waals surface area contributed by atoms with Crippen molar-refractivity contribution in [3.63, 3.8) is 0 Å². The van der Waals surface area contributed by atoms with Gasteiger partial charge >= 0.3 is 0 Å². The van der Waals surface area contributed by atoms with Crippen LogP contribution in [0.25, 0.3) is 0 Å². The molecule has 0 aliphatic rings. The van der Waals surface area contributed by atoms with Crippen LogP contribution in [0.1, 0.15) is 11.6 Å². The number of benzene rings is 1. The van der Waals surface area contributed by atoms with Crippen molar-refractivity contribution >= 4 is 5.69 Å². The molecule has 0 spiro atoms. The largest absolute Gasteiger partial charge is 0.396 e.